The third kappa shape index (κ3) is 4.42. The van der Waals surface area contributed by atoms with Gasteiger partial charge in [-0.25, -0.2) is 0 Å². The highest BCUT2D eigenvalue weighted by molar-refractivity contribution is 7.86. The minimum atomic E-state index is -4.55. The maximum absolute atomic E-state index is 12.4. The average Bonchev–Trinajstić information content (AvgIpc) is 2.20. The maximum atomic E-state index is 12.4. The number of rotatable bonds is 2. The lowest BCUT2D eigenvalue weighted by Crippen LogP contribution is -1.93. The normalized spacial score (nSPS) is 10.8. The Morgan fingerprint density at radius 1 is 1.07 bits per heavy atom. The molecule has 0 amide bonds. The molecule has 4 heteroatoms. The van der Waals surface area contributed by atoms with Crippen LogP contribution in [0.4, 0.5) is 3.89 Å². The van der Waals surface area contributed by atoms with Gasteiger partial charge in [-0.05, 0) is 23.6 Å². The summed E-state index contributed by atoms with van der Waals surface area (Å²) in [5.41, 5.74) is 0.993. The Balaban J connectivity index is 0.000000921. The van der Waals surface area contributed by atoms with Gasteiger partial charge < -0.3 is 0 Å². The van der Waals surface area contributed by atoms with Crippen LogP contribution in [0.2, 0.25) is 0 Å². The minimum absolute atomic E-state index is 0.281. The van der Waals surface area contributed by atoms with Crippen LogP contribution in [0.15, 0.2) is 29.2 Å². The lowest BCUT2D eigenvalue weighted by molar-refractivity contribution is 0.552. The Labute approximate surface area is 91.3 Å². The van der Waals surface area contributed by atoms with Crippen LogP contribution in [0.1, 0.15) is 39.2 Å². The van der Waals surface area contributed by atoms with Gasteiger partial charge in [0, 0.05) is 0 Å². The first-order chi connectivity index (χ1) is 6.91. The number of hydrogen-bond donors (Lipinski definition) is 0. The highest BCUT2D eigenvalue weighted by Crippen LogP contribution is 2.18. The molecule has 0 radical (unpaired) electrons. The molecule has 1 aromatic carbocycles. The van der Waals surface area contributed by atoms with Crippen molar-refractivity contribution in [1.82, 2.24) is 0 Å². The van der Waals surface area contributed by atoms with Gasteiger partial charge in [0.05, 0.1) is 4.90 Å². The van der Waals surface area contributed by atoms with Gasteiger partial charge in [-0.1, -0.05) is 39.8 Å². The highest BCUT2D eigenvalue weighted by Gasteiger charge is 2.11. The van der Waals surface area contributed by atoms with Crippen LogP contribution in [0.3, 0.4) is 0 Å². The van der Waals surface area contributed by atoms with E-state index < -0.39 is 10.2 Å². The molecule has 0 heterocycles. The van der Waals surface area contributed by atoms with Gasteiger partial charge in [-0.15, -0.1) is 3.89 Å². The van der Waals surface area contributed by atoms with E-state index in [-0.39, 0.29) is 4.90 Å². The van der Waals surface area contributed by atoms with Crippen LogP contribution in [-0.4, -0.2) is 8.42 Å². The first-order valence-electron chi connectivity index (χ1n) is 4.96. The molecule has 15 heavy (non-hydrogen) atoms. The first-order valence-corrected chi connectivity index (χ1v) is 6.34. The molecule has 1 aromatic rings. The molecule has 0 saturated carbocycles. The van der Waals surface area contributed by atoms with Crippen molar-refractivity contribution >= 4 is 10.2 Å². The Hall–Kier alpha value is -0.900. The van der Waals surface area contributed by atoms with Gasteiger partial charge in [-0.3, -0.25) is 0 Å². The molecule has 0 unspecified atom stereocenters. The highest BCUT2D eigenvalue weighted by atomic mass is 32.3. The van der Waals surface area contributed by atoms with Gasteiger partial charge in [0.15, 0.2) is 0 Å². The summed E-state index contributed by atoms with van der Waals surface area (Å²) in [4.78, 5) is -0.281. The number of halogens is 1. The molecule has 0 N–H and O–H groups in total. The molecular weight excluding hydrogens is 215 g/mol. The van der Waals surface area contributed by atoms with Crippen LogP contribution in [0.25, 0.3) is 0 Å². The molecule has 2 nitrogen and oxygen atoms in total. The Morgan fingerprint density at radius 3 is 1.73 bits per heavy atom. The van der Waals surface area contributed by atoms with Crippen molar-refractivity contribution in [3.63, 3.8) is 0 Å². The van der Waals surface area contributed by atoms with Crippen LogP contribution < -0.4 is 0 Å². The maximum Gasteiger partial charge on any atom is 0.332 e. The smallest absolute Gasteiger partial charge is 0.189 e. The second-order valence-corrected chi connectivity index (χ2v) is 4.51. The van der Waals surface area contributed by atoms with Crippen molar-refractivity contribution in [3.8, 4) is 0 Å². The van der Waals surface area contributed by atoms with Crippen LogP contribution in [0, 0.1) is 0 Å². The fourth-order valence-corrected chi connectivity index (χ4v) is 1.48. The summed E-state index contributed by atoms with van der Waals surface area (Å²) in [5, 5.41) is 0. The van der Waals surface area contributed by atoms with Crippen LogP contribution >= 0.6 is 0 Å². The zero-order chi connectivity index (χ0) is 12.1. The molecule has 0 atom stereocenters. The quantitative estimate of drug-likeness (QED) is 0.731. The van der Waals surface area contributed by atoms with E-state index in [0.717, 1.165) is 5.56 Å². The third-order valence-corrected chi connectivity index (χ3v) is 2.66. The predicted molar refractivity (Wildman–Crippen MR) is 60.2 cm³/mol. The molecule has 0 aliphatic heterocycles. The van der Waals surface area contributed by atoms with E-state index in [1.807, 2.05) is 27.7 Å². The molecule has 1 rings (SSSR count). The van der Waals surface area contributed by atoms with Crippen LogP contribution in [0.5, 0.6) is 0 Å². The van der Waals surface area contributed by atoms with Gasteiger partial charge in [0.1, 0.15) is 0 Å². The molecule has 0 bridgehead atoms. The van der Waals surface area contributed by atoms with E-state index in [0.29, 0.717) is 5.92 Å². The SMILES string of the molecule is CC.CC(C)c1ccc(S(=O)(=O)F)cc1. The summed E-state index contributed by atoms with van der Waals surface area (Å²) in [6.45, 7) is 7.97. The van der Waals surface area contributed by atoms with Gasteiger partial charge >= 0.3 is 10.2 Å². The summed E-state index contributed by atoms with van der Waals surface area (Å²) in [7, 11) is -4.55. The zero-order valence-corrected chi connectivity index (χ0v) is 10.3. The van der Waals surface area contributed by atoms with E-state index in [1.54, 1.807) is 12.1 Å². The fraction of sp³-hybridized carbons (Fsp3) is 0.455. The van der Waals surface area contributed by atoms with E-state index in [4.69, 9.17) is 0 Å². The Kier molecular flexibility index (Phi) is 5.50. The first kappa shape index (κ1) is 14.1. The number of hydrogen-bond acceptors (Lipinski definition) is 2. The Morgan fingerprint density at radius 2 is 1.47 bits per heavy atom. The van der Waals surface area contributed by atoms with E-state index in [2.05, 4.69) is 0 Å². The molecule has 0 aliphatic carbocycles. The summed E-state index contributed by atoms with van der Waals surface area (Å²) in [5.74, 6) is 0.316. The van der Waals surface area contributed by atoms with Crippen molar-refractivity contribution < 1.29 is 12.3 Å². The standard InChI is InChI=1S/C9H11FO2S.C2H6/c1-7(2)8-3-5-9(6-4-8)13(10,11)12;1-2/h3-7H,1-2H3;1-2H3. The van der Waals surface area contributed by atoms with Crippen molar-refractivity contribution in [1.29, 1.82) is 0 Å². The van der Waals surface area contributed by atoms with Gasteiger partial charge in [-0.2, -0.15) is 8.42 Å². The Bertz CT molecular complexity index is 380. The molecule has 0 saturated heterocycles. The average molecular weight is 232 g/mol. The van der Waals surface area contributed by atoms with E-state index >= 15 is 0 Å². The largest absolute Gasteiger partial charge is 0.332 e. The monoisotopic (exact) mass is 232 g/mol. The van der Waals surface area contributed by atoms with Crippen LogP contribution in [-0.2, 0) is 10.2 Å². The second kappa shape index (κ2) is 5.85. The minimum Gasteiger partial charge on any atom is -0.189 e. The topological polar surface area (TPSA) is 34.1 Å². The molecule has 86 valence electrons. The van der Waals surface area contributed by atoms with Crippen molar-refractivity contribution in [3.05, 3.63) is 29.8 Å². The van der Waals surface area contributed by atoms with Gasteiger partial charge in [0.25, 0.3) is 0 Å². The molecule has 0 aliphatic rings. The predicted octanol–water partition coefficient (Wildman–Crippen LogP) is 3.49. The molecular formula is C11H17FO2S. The number of benzene rings is 1. The second-order valence-electron chi connectivity index (χ2n) is 3.16. The van der Waals surface area contributed by atoms with E-state index in [9.17, 15) is 12.3 Å². The molecule has 0 fully saturated rings. The van der Waals surface area contributed by atoms with Crippen molar-refractivity contribution in [2.24, 2.45) is 0 Å². The fourth-order valence-electron chi connectivity index (χ4n) is 1.02. The van der Waals surface area contributed by atoms with Crippen molar-refractivity contribution in [2.45, 2.75) is 38.5 Å². The molecule has 0 aromatic heterocycles. The third-order valence-electron chi connectivity index (χ3n) is 1.83. The summed E-state index contributed by atoms with van der Waals surface area (Å²) in [6.07, 6.45) is 0. The summed E-state index contributed by atoms with van der Waals surface area (Å²) < 4.78 is 33.3. The van der Waals surface area contributed by atoms with E-state index in [1.165, 1.54) is 12.1 Å². The molecule has 0 spiro atoms. The van der Waals surface area contributed by atoms with Gasteiger partial charge in [0.2, 0.25) is 0 Å². The van der Waals surface area contributed by atoms with Crippen molar-refractivity contribution in [2.75, 3.05) is 0 Å². The lowest BCUT2D eigenvalue weighted by atomic mass is 10.0. The lowest BCUT2D eigenvalue weighted by Gasteiger charge is -2.04. The summed E-state index contributed by atoms with van der Waals surface area (Å²) in [6, 6.07) is 5.81. The summed E-state index contributed by atoms with van der Waals surface area (Å²) >= 11 is 0. The zero-order valence-electron chi connectivity index (χ0n) is 9.49.